The highest BCUT2D eigenvalue weighted by molar-refractivity contribution is 7.92. The van der Waals surface area contributed by atoms with Crippen LogP contribution in [0.3, 0.4) is 0 Å². The van der Waals surface area contributed by atoms with Crippen molar-refractivity contribution in [3.8, 4) is 0 Å². The number of nitrogens with zero attached hydrogens (tertiary/aromatic N) is 2. The molecule has 1 saturated heterocycles. The molecule has 1 heterocycles. The van der Waals surface area contributed by atoms with E-state index >= 15 is 0 Å². The SMILES string of the molecule is CS(=O)(=O)Nc1ccc(C(=O)N2CCN(c3ccccc3)CC2)cc1Cl. The van der Waals surface area contributed by atoms with Gasteiger partial charge < -0.3 is 9.80 Å². The summed E-state index contributed by atoms with van der Waals surface area (Å²) in [6.07, 6.45) is 1.05. The molecule has 8 heteroatoms. The third-order valence-electron chi connectivity index (χ3n) is 4.20. The standard InChI is InChI=1S/C18H20ClN3O3S/c1-26(24,25)20-17-8-7-14(13-16(17)19)18(23)22-11-9-21(10-12-22)15-5-3-2-4-6-15/h2-8,13,20H,9-12H2,1H3. The highest BCUT2D eigenvalue weighted by Crippen LogP contribution is 2.25. The lowest BCUT2D eigenvalue weighted by Crippen LogP contribution is -2.48. The van der Waals surface area contributed by atoms with Gasteiger partial charge in [-0.15, -0.1) is 0 Å². The van der Waals surface area contributed by atoms with Gasteiger partial charge in [0.1, 0.15) is 0 Å². The summed E-state index contributed by atoms with van der Waals surface area (Å²) < 4.78 is 25.0. The summed E-state index contributed by atoms with van der Waals surface area (Å²) in [6.45, 7) is 2.76. The van der Waals surface area contributed by atoms with E-state index in [4.69, 9.17) is 11.6 Å². The molecule has 1 amide bonds. The van der Waals surface area contributed by atoms with E-state index in [1.54, 1.807) is 11.0 Å². The van der Waals surface area contributed by atoms with Crippen LogP contribution in [-0.2, 0) is 10.0 Å². The largest absolute Gasteiger partial charge is 0.368 e. The minimum Gasteiger partial charge on any atom is -0.368 e. The maximum atomic E-state index is 12.7. The first-order chi connectivity index (χ1) is 12.3. The van der Waals surface area contributed by atoms with Crippen LogP contribution in [0.15, 0.2) is 48.5 Å². The van der Waals surface area contributed by atoms with Crippen molar-refractivity contribution in [2.75, 3.05) is 42.1 Å². The van der Waals surface area contributed by atoms with Crippen LogP contribution in [0.2, 0.25) is 5.02 Å². The van der Waals surface area contributed by atoms with E-state index in [9.17, 15) is 13.2 Å². The Morgan fingerprint density at radius 1 is 1.04 bits per heavy atom. The fourth-order valence-corrected chi connectivity index (χ4v) is 3.78. The minimum atomic E-state index is -3.42. The predicted molar refractivity (Wildman–Crippen MR) is 104 cm³/mol. The average molecular weight is 394 g/mol. The molecule has 1 fully saturated rings. The fraction of sp³-hybridized carbons (Fsp3) is 0.278. The molecule has 0 aliphatic carbocycles. The third kappa shape index (κ3) is 4.47. The van der Waals surface area contributed by atoms with Crippen LogP contribution < -0.4 is 9.62 Å². The molecule has 138 valence electrons. The second-order valence-electron chi connectivity index (χ2n) is 6.18. The molecule has 1 aliphatic rings. The number of benzene rings is 2. The van der Waals surface area contributed by atoms with E-state index in [1.165, 1.54) is 12.1 Å². The van der Waals surface area contributed by atoms with Gasteiger partial charge in [-0.25, -0.2) is 8.42 Å². The lowest BCUT2D eigenvalue weighted by atomic mass is 10.1. The zero-order valence-corrected chi connectivity index (χ0v) is 15.9. The molecule has 2 aromatic carbocycles. The Morgan fingerprint density at radius 2 is 1.69 bits per heavy atom. The van der Waals surface area contributed by atoms with Gasteiger partial charge in [0.2, 0.25) is 10.0 Å². The summed E-state index contributed by atoms with van der Waals surface area (Å²) in [6, 6.07) is 14.7. The number of amides is 1. The second-order valence-corrected chi connectivity index (χ2v) is 8.34. The molecule has 0 radical (unpaired) electrons. The number of hydrogen-bond acceptors (Lipinski definition) is 4. The minimum absolute atomic E-state index is 0.106. The molecule has 0 atom stereocenters. The lowest BCUT2D eigenvalue weighted by Gasteiger charge is -2.36. The summed E-state index contributed by atoms with van der Waals surface area (Å²) in [5.74, 6) is -0.106. The number of hydrogen-bond donors (Lipinski definition) is 1. The molecule has 0 aromatic heterocycles. The van der Waals surface area contributed by atoms with Gasteiger partial charge in [0, 0.05) is 37.4 Å². The van der Waals surface area contributed by atoms with Crippen LogP contribution in [0.1, 0.15) is 10.4 Å². The number of halogens is 1. The van der Waals surface area contributed by atoms with E-state index in [1.807, 2.05) is 18.2 Å². The topological polar surface area (TPSA) is 69.7 Å². The summed E-state index contributed by atoms with van der Waals surface area (Å²) in [7, 11) is -3.42. The first-order valence-electron chi connectivity index (χ1n) is 8.20. The highest BCUT2D eigenvalue weighted by Gasteiger charge is 2.23. The Labute approximate surface area is 158 Å². The van der Waals surface area contributed by atoms with Gasteiger partial charge in [0.05, 0.1) is 17.0 Å². The van der Waals surface area contributed by atoms with Crippen molar-refractivity contribution in [1.29, 1.82) is 0 Å². The molecule has 2 aromatic rings. The maximum absolute atomic E-state index is 12.7. The van der Waals surface area contributed by atoms with Gasteiger partial charge in [-0.2, -0.15) is 0 Å². The quantitative estimate of drug-likeness (QED) is 0.867. The zero-order chi connectivity index (χ0) is 18.7. The number of carbonyl (C=O) groups is 1. The molecular formula is C18H20ClN3O3S. The summed E-state index contributed by atoms with van der Waals surface area (Å²) in [5.41, 5.74) is 1.86. The van der Waals surface area contributed by atoms with Crippen molar-refractivity contribution in [3.05, 3.63) is 59.1 Å². The van der Waals surface area contributed by atoms with Crippen molar-refractivity contribution in [1.82, 2.24) is 4.90 Å². The Balaban J connectivity index is 1.66. The average Bonchev–Trinajstić information content (AvgIpc) is 2.63. The fourth-order valence-electron chi connectivity index (χ4n) is 2.92. The van der Waals surface area contributed by atoms with Gasteiger partial charge in [-0.1, -0.05) is 29.8 Å². The van der Waals surface area contributed by atoms with Gasteiger partial charge in [0.15, 0.2) is 0 Å². The van der Waals surface area contributed by atoms with E-state index in [0.29, 0.717) is 18.7 Å². The molecule has 1 aliphatic heterocycles. The molecule has 1 N–H and O–H groups in total. The normalized spacial score (nSPS) is 15.0. The molecule has 0 spiro atoms. The Kier molecular flexibility index (Phi) is 5.38. The highest BCUT2D eigenvalue weighted by atomic mass is 35.5. The number of anilines is 2. The first kappa shape index (κ1) is 18.5. The zero-order valence-electron chi connectivity index (χ0n) is 14.4. The number of para-hydroxylation sites is 1. The molecule has 0 unspecified atom stereocenters. The van der Waals surface area contributed by atoms with E-state index in [0.717, 1.165) is 25.0 Å². The van der Waals surface area contributed by atoms with Crippen molar-refractivity contribution < 1.29 is 13.2 Å². The number of sulfonamides is 1. The van der Waals surface area contributed by atoms with Crippen molar-refractivity contribution >= 4 is 38.9 Å². The first-order valence-corrected chi connectivity index (χ1v) is 10.5. The van der Waals surface area contributed by atoms with Crippen LogP contribution in [-0.4, -0.2) is 51.7 Å². The summed E-state index contributed by atoms with van der Waals surface area (Å²) in [4.78, 5) is 16.7. The molecule has 0 bridgehead atoms. The molecule has 0 saturated carbocycles. The van der Waals surface area contributed by atoms with Crippen molar-refractivity contribution in [2.45, 2.75) is 0 Å². The molecular weight excluding hydrogens is 374 g/mol. The van der Waals surface area contributed by atoms with Crippen LogP contribution in [0.25, 0.3) is 0 Å². The molecule has 3 rings (SSSR count). The Morgan fingerprint density at radius 3 is 2.27 bits per heavy atom. The Hall–Kier alpha value is -2.25. The smallest absolute Gasteiger partial charge is 0.254 e. The van der Waals surface area contributed by atoms with Crippen LogP contribution >= 0.6 is 11.6 Å². The summed E-state index contributed by atoms with van der Waals surface area (Å²) in [5, 5.41) is 0.198. The van der Waals surface area contributed by atoms with Crippen LogP contribution in [0.4, 0.5) is 11.4 Å². The number of carbonyl (C=O) groups excluding carboxylic acids is 1. The number of rotatable bonds is 4. The van der Waals surface area contributed by atoms with Gasteiger partial charge in [0.25, 0.3) is 5.91 Å². The number of nitrogens with one attached hydrogen (secondary N) is 1. The number of piperazine rings is 1. The maximum Gasteiger partial charge on any atom is 0.254 e. The van der Waals surface area contributed by atoms with E-state index in [2.05, 4.69) is 21.8 Å². The molecule has 6 nitrogen and oxygen atoms in total. The van der Waals surface area contributed by atoms with Crippen molar-refractivity contribution in [2.24, 2.45) is 0 Å². The predicted octanol–water partition coefficient (Wildman–Crippen LogP) is 2.67. The van der Waals surface area contributed by atoms with Gasteiger partial charge >= 0.3 is 0 Å². The van der Waals surface area contributed by atoms with Crippen LogP contribution in [0, 0.1) is 0 Å². The van der Waals surface area contributed by atoms with Crippen molar-refractivity contribution in [3.63, 3.8) is 0 Å². The lowest BCUT2D eigenvalue weighted by molar-refractivity contribution is 0.0747. The van der Waals surface area contributed by atoms with E-state index < -0.39 is 10.0 Å². The van der Waals surface area contributed by atoms with Gasteiger partial charge in [-0.05, 0) is 30.3 Å². The third-order valence-corrected chi connectivity index (χ3v) is 5.10. The van der Waals surface area contributed by atoms with E-state index in [-0.39, 0.29) is 16.6 Å². The summed E-state index contributed by atoms with van der Waals surface area (Å²) >= 11 is 6.12. The second kappa shape index (κ2) is 7.55. The van der Waals surface area contributed by atoms with Crippen LogP contribution in [0.5, 0.6) is 0 Å². The molecule has 26 heavy (non-hydrogen) atoms. The van der Waals surface area contributed by atoms with Gasteiger partial charge in [-0.3, -0.25) is 9.52 Å². The Bertz CT molecular complexity index is 895. The monoisotopic (exact) mass is 393 g/mol.